The Morgan fingerprint density at radius 1 is 1.33 bits per heavy atom. The molecule has 0 heterocycles. The van der Waals surface area contributed by atoms with E-state index in [1.54, 1.807) is 0 Å². The molecule has 0 nitrogen and oxygen atoms in total. The summed E-state index contributed by atoms with van der Waals surface area (Å²) >= 11 is 0. The molecule has 0 fully saturated rings. The van der Waals surface area contributed by atoms with Gasteiger partial charge in [-0.3, -0.25) is 0 Å². The van der Waals surface area contributed by atoms with Crippen LogP contribution in [0.25, 0.3) is 0 Å². The van der Waals surface area contributed by atoms with E-state index in [0.717, 1.165) is 0 Å². The van der Waals surface area contributed by atoms with Gasteiger partial charge in [-0.15, -0.1) is 0 Å². The molecule has 0 aliphatic rings. The molecule has 0 unspecified atom stereocenters. The average Bonchev–Trinajstić information content (AvgIpc) is 0.811. The van der Waals surface area contributed by atoms with Gasteiger partial charge in [0.25, 0.3) is 0 Å². The first-order valence-electron chi connectivity index (χ1n) is 1.56. The van der Waals surface area contributed by atoms with Gasteiger partial charge in [0.2, 0.25) is 0 Å². The minimum Gasteiger partial charge on any atom is -0.358 e. The molecule has 0 aromatic rings. The molecular formula is C5H12Cu. The summed E-state index contributed by atoms with van der Waals surface area (Å²) in [4.78, 5) is 0. The monoisotopic (exact) mass is 135 g/mol. The van der Waals surface area contributed by atoms with Crippen molar-refractivity contribution in [2.45, 2.75) is 13.8 Å². The van der Waals surface area contributed by atoms with Gasteiger partial charge in [-0.1, -0.05) is 13.8 Å². The molecule has 1 heteroatoms. The van der Waals surface area contributed by atoms with E-state index >= 15 is 0 Å². The standard InChI is InChI=1S/C4H9.CH3.Cu/c1-4(2)3;;/h4H,1H2,2-3H3;1H3;/q2*-1;+2. The molecule has 0 saturated heterocycles. The van der Waals surface area contributed by atoms with E-state index in [2.05, 4.69) is 20.8 Å². The van der Waals surface area contributed by atoms with Crippen molar-refractivity contribution in [2.75, 3.05) is 0 Å². The average molecular weight is 136 g/mol. The SMILES string of the molecule is [CH2-]C(C)C.[CH3-].[Cu+2]. The number of hydrogen-bond acceptors (Lipinski definition) is 0. The third-order valence-corrected chi connectivity index (χ3v) is 0. The van der Waals surface area contributed by atoms with Gasteiger partial charge in [0.15, 0.2) is 0 Å². The minimum absolute atomic E-state index is 0. The van der Waals surface area contributed by atoms with Crippen molar-refractivity contribution in [3.63, 3.8) is 0 Å². The van der Waals surface area contributed by atoms with E-state index in [1.165, 1.54) is 0 Å². The second-order valence-corrected chi connectivity index (χ2v) is 1.39. The van der Waals surface area contributed by atoms with E-state index in [4.69, 9.17) is 0 Å². The normalized spacial score (nSPS) is 6.00. The van der Waals surface area contributed by atoms with Crippen molar-refractivity contribution in [2.24, 2.45) is 5.92 Å². The third-order valence-electron chi connectivity index (χ3n) is 0. The summed E-state index contributed by atoms with van der Waals surface area (Å²) in [7, 11) is 0. The summed E-state index contributed by atoms with van der Waals surface area (Å²) < 4.78 is 0. The second kappa shape index (κ2) is 9.10. The predicted octanol–water partition coefficient (Wildman–Crippen LogP) is 1.92. The van der Waals surface area contributed by atoms with Gasteiger partial charge in [-0.25, -0.2) is 0 Å². The summed E-state index contributed by atoms with van der Waals surface area (Å²) in [6.07, 6.45) is 0. The van der Waals surface area contributed by atoms with Crippen LogP contribution < -0.4 is 0 Å². The predicted molar refractivity (Wildman–Crippen MR) is 26.6 cm³/mol. The maximum absolute atomic E-state index is 3.64. The van der Waals surface area contributed by atoms with E-state index < -0.39 is 0 Å². The maximum Gasteiger partial charge on any atom is 2.00 e. The Bertz CT molecular complexity index is 8.66. The van der Waals surface area contributed by atoms with Crippen molar-refractivity contribution < 1.29 is 17.1 Å². The summed E-state index contributed by atoms with van der Waals surface area (Å²) in [5.74, 6) is 0.583. The molecule has 0 aromatic heterocycles. The first-order valence-corrected chi connectivity index (χ1v) is 1.56. The molecule has 0 saturated carbocycles. The Morgan fingerprint density at radius 2 is 1.33 bits per heavy atom. The molecule has 0 atom stereocenters. The van der Waals surface area contributed by atoms with E-state index in [0.29, 0.717) is 5.92 Å². The van der Waals surface area contributed by atoms with Crippen molar-refractivity contribution in [1.82, 2.24) is 0 Å². The van der Waals surface area contributed by atoms with Crippen molar-refractivity contribution in [1.29, 1.82) is 0 Å². The fourth-order valence-corrected chi connectivity index (χ4v) is 0. The van der Waals surface area contributed by atoms with Crippen LogP contribution in [0, 0.1) is 20.3 Å². The minimum atomic E-state index is 0. The topological polar surface area (TPSA) is 0 Å². The van der Waals surface area contributed by atoms with E-state index in [1.807, 2.05) is 0 Å². The van der Waals surface area contributed by atoms with Gasteiger partial charge in [-0.2, -0.15) is 5.92 Å². The number of hydrogen-bond donors (Lipinski definition) is 0. The molecule has 1 radical (unpaired) electrons. The Labute approximate surface area is 51.8 Å². The molecular weight excluding hydrogens is 124 g/mol. The van der Waals surface area contributed by atoms with Crippen molar-refractivity contribution >= 4 is 0 Å². The second-order valence-electron chi connectivity index (χ2n) is 1.39. The molecule has 0 aliphatic heterocycles. The van der Waals surface area contributed by atoms with Crippen LogP contribution in [0.3, 0.4) is 0 Å². The molecule has 43 valence electrons. The molecule has 0 rings (SSSR count). The summed E-state index contributed by atoms with van der Waals surface area (Å²) in [6, 6.07) is 0. The van der Waals surface area contributed by atoms with Crippen molar-refractivity contribution in [3.8, 4) is 0 Å². The number of rotatable bonds is 0. The zero-order valence-electron chi connectivity index (χ0n) is 4.59. The largest absolute Gasteiger partial charge is 2.00 e. The maximum atomic E-state index is 3.64. The molecule has 0 bridgehead atoms. The van der Waals surface area contributed by atoms with Crippen LogP contribution in [0.15, 0.2) is 0 Å². The first-order chi connectivity index (χ1) is 1.73. The first kappa shape index (κ1) is 16.0. The van der Waals surface area contributed by atoms with Gasteiger partial charge < -0.3 is 14.4 Å². The van der Waals surface area contributed by atoms with Crippen LogP contribution in [0.4, 0.5) is 0 Å². The summed E-state index contributed by atoms with van der Waals surface area (Å²) in [5, 5.41) is 0. The third kappa shape index (κ3) is 207. The van der Waals surface area contributed by atoms with Gasteiger partial charge in [0, 0.05) is 0 Å². The van der Waals surface area contributed by atoms with E-state index in [9.17, 15) is 0 Å². The van der Waals surface area contributed by atoms with Crippen LogP contribution in [0.2, 0.25) is 0 Å². The Kier molecular flexibility index (Phi) is 24.3. The zero-order valence-corrected chi connectivity index (χ0v) is 5.53. The van der Waals surface area contributed by atoms with Gasteiger partial charge in [-0.05, 0) is 0 Å². The van der Waals surface area contributed by atoms with Crippen LogP contribution >= 0.6 is 0 Å². The van der Waals surface area contributed by atoms with Gasteiger partial charge in [0.1, 0.15) is 0 Å². The van der Waals surface area contributed by atoms with E-state index in [-0.39, 0.29) is 24.5 Å². The fourth-order valence-electron chi connectivity index (χ4n) is 0. The summed E-state index contributed by atoms with van der Waals surface area (Å²) in [6.45, 7) is 7.75. The van der Waals surface area contributed by atoms with Crippen LogP contribution in [-0.4, -0.2) is 0 Å². The van der Waals surface area contributed by atoms with Crippen LogP contribution in [0.5, 0.6) is 0 Å². The molecule has 0 amide bonds. The van der Waals surface area contributed by atoms with Gasteiger partial charge in [0.05, 0.1) is 0 Å². The molecule has 0 spiro atoms. The van der Waals surface area contributed by atoms with Gasteiger partial charge >= 0.3 is 17.1 Å². The molecule has 0 N–H and O–H groups in total. The van der Waals surface area contributed by atoms with Crippen LogP contribution in [0.1, 0.15) is 13.8 Å². The fraction of sp³-hybridized carbons (Fsp3) is 0.600. The Morgan fingerprint density at radius 3 is 1.33 bits per heavy atom. The Balaban J connectivity index is -0.0000000450. The Hall–Kier alpha value is 0.519. The molecule has 0 aromatic carbocycles. The van der Waals surface area contributed by atoms with Crippen LogP contribution in [-0.2, 0) is 17.1 Å². The summed E-state index contributed by atoms with van der Waals surface area (Å²) in [5.41, 5.74) is 0. The zero-order chi connectivity index (χ0) is 3.58. The molecule has 0 aliphatic carbocycles. The smallest absolute Gasteiger partial charge is 0.358 e. The molecule has 6 heavy (non-hydrogen) atoms. The quantitative estimate of drug-likeness (QED) is 0.352. The van der Waals surface area contributed by atoms with Crippen molar-refractivity contribution in [3.05, 3.63) is 14.4 Å².